The number of thiophene rings is 1. The fourth-order valence-electron chi connectivity index (χ4n) is 1.97. The molecule has 0 saturated heterocycles. The number of hydrogen-bond donors (Lipinski definition) is 1. The van der Waals surface area contributed by atoms with E-state index in [1.165, 1.54) is 11.3 Å². The predicted molar refractivity (Wildman–Crippen MR) is 68.2 cm³/mol. The van der Waals surface area contributed by atoms with Crippen LogP contribution in [-0.4, -0.2) is 24.0 Å². The molecule has 0 aliphatic rings. The van der Waals surface area contributed by atoms with E-state index in [0.717, 1.165) is 6.54 Å². The van der Waals surface area contributed by atoms with Crippen molar-refractivity contribution in [1.82, 2.24) is 4.90 Å². The normalized spacial score (nSPS) is 15.5. The molecule has 0 aromatic carbocycles. The summed E-state index contributed by atoms with van der Waals surface area (Å²) in [6.45, 7) is 8.49. The van der Waals surface area contributed by atoms with E-state index in [2.05, 4.69) is 43.2 Å². The predicted octanol–water partition coefficient (Wildman–Crippen LogP) is 2.87. The Kier molecular flexibility index (Phi) is 5.29. The molecule has 86 valence electrons. The maximum Gasteiger partial charge on any atom is 0.0566 e. The minimum Gasteiger partial charge on any atom is -0.329 e. The highest BCUT2D eigenvalue weighted by molar-refractivity contribution is 7.10. The molecule has 1 aromatic heterocycles. The summed E-state index contributed by atoms with van der Waals surface area (Å²) < 4.78 is 0. The first-order chi connectivity index (χ1) is 7.24. The Morgan fingerprint density at radius 1 is 1.47 bits per heavy atom. The van der Waals surface area contributed by atoms with Gasteiger partial charge in [0.25, 0.3) is 0 Å². The lowest BCUT2D eigenvalue weighted by atomic mass is 10.1. The van der Waals surface area contributed by atoms with Crippen molar-refractivity contribution in [3.63, 3.8) is 0 Å². The lowest BCUT2D eigenvalue weighted by Gasteiger charge is -2.34. The van der Waals surface area contributed by atoms with Gasteiger partial charge in [-0.25, -0.2) is 0 Å². The summed E-state index contributed by atoms with van der Waals surface area (Å²) in [4.78, 5) is 3.88. The monoisotopic (exact) mass is 226 g/mol. The molecule has 1 aromatic rings. The SMILES string of the molecule is CCC(C)N(CC)C(CN)c1cccs1. The number of nitrogens with two attached hydrogens (primary N) is 1. The average Bonchev–Trinajstić information content (AvgIpc) is 2.77. The zero-order chi connectivity index (χ0) is 11.3. The van der Waals surface area contributed by atoms with Crippen molar-refractivity contribution in [2.75, 3.05) is 13.1 Å². The van der Waals surface area contributed by atoms with Crippen LogP contribution in [0.3, 0.4) is 0 Å². The molecule has 0 aliphatic carbocycles. The second-order valence-electron chi connectivity index (χ2n) is 3.85. The van der Waals surface area contributed by atoms with E-state index in [-0.39, 0.29) is 0 Å². The van der Waals surface area contributed by atoms with E-state index >= 15 is 0 Å². The van der Waals surface area contributed by atoms with Crippen LogP contribution in [0.1, 0.15) is 38.1 Å². The van der Waals surface area contributed by atoms with Crippen molar-refractivity contribution in [2.24, 2.45) is 5.73 Å². The molecule has 0 amide bonds. The van der Waals surface area contributed by atoms with Crippen LogP contribution in [0.4, 0.5) is 0 Å². The Bertz CT molecular complexity index is 259. The van der Waals surface area contributed by atoms with Crippen molar-refractivity contribution in [3.05, 3.63) is 22.4 Å². The Morgan fingerprint density at radius 3 is 2.60 bits per heavy atom. The third-order valence-corrected chi connectivity index (χ3v) is 3.99. The second-order valence-corrected chi connectivity index (χ2v) is 4.83. The summed E-state index contributed by atoms with van der Waals surface area (Å²) in [6.07, 6.45) is 1.18. The average molecular weight is 226 g/mol. The second kappa shape index (κ2) is 6.26. The van der Waals surface area contributed by atoms with Gasteiger partial charge in [0, 0.05) is 17.5 Å². The highest BCUT2D eigenvalue weighted by atomic mass is 32.1. The van der Waals surface area contributed by atoms with Crippen LogP contribution in [-0.2, 0) is 0 Å². The van der Waals surface area contributed by atoms with Crippen LogP contribution < -0.4 is 5.73 Å². The maximum absolute atomic E-state index is 5.90. The van der Waals surface area contributed by atoms with Crippen LogP contribution in [0.5, 0.6) is 0 Å². The molecule has 1 rings (SSSR count). The van der Waals surface area contributed by atoms with Gasteiger partial charge in [0.1, 0.15) is 0 Å². The highest BCUT2D eigenvalue weighted by Gasteiger charge is 2.21. The van der Waals surface area contributed by atoms with Crippen LogP contribution in [0, 0.1) is 0 Å². The van der Waals surface area contributed by atoms with Gasteiger partial charge in [0.2, 0.25) is 0 Å². The minimum absolute atomic E-state index is 0.393. The Morgan fingerprint density at radius 2 is 2.20 bits per heavy atom. The molecule has 0 aliphatic heterocycles. The molecule has 0 bridgehead atoms. The zero-order valence-electron chi connectivity index (χ0n) is 9.94. The molecule has 2 nitrogen and oxygen atoms in total. The van der Waals surface area contributed by atoms with Crippen LogP contribution in [0.2, 0.25) is 0 Å². The van der Waals surface area contributed by atoms with Crippen molar-refractivity contribution >= 4 is 11.3 Å². The minimum atomic E-state index is 0.393. The molecule has 0 radical (unpaired) electrons. The van der Waals surface area contributed by atoms with E-state index < -0.39 is 0 Å². The highest BCUT2D eigenvalue weighted by Crippen LogP contribution is 2.26. The summed E-state index contributed by atoms with van der Waals surface area (Å²) in [5, 5.41) is 2.13. The molecule has 2 N–H and O–H groups in total. The standard InChI is InChI=1S/C12H22N2S/c1-4-10(3)14(5-2)11(9-13)12-7-6-8-15-12/h6-8,10-11H,4-5,9,13H2,1-3H3. The van der Waals surface area contributed by atoms with E-state index in [4.69, 9.17) is 5.73 Å². The number of hydrogen-bond acceptors (Lipinski definition) is 3. The summed E-state index contributed by atoms with van der Waals surface area (Å²) in [5.74, 6) is 0. The van der Waals surface area contributed by atoms with Gasteiger partial charge in [-0.3, -0.25) is 4.90 Å². The Hall–Kier alpha value is -0.380. The van der Waals surface area contributed by atoms with Gasteiger partial charge in [0.15, 0.2) is 0 Å². The molecule has 3 heteroatoms. The van der Waals surface area contributed by atoms with Crippen LogP contribution in [0.25, 0.3) is 0 Å². The van der Waals surface area contributed by atoms with Gasteiger partial charge >= 0.3 is 0 Å². The summed E-state index contributed by atoms with van der Waals surface area (Å²) in [7, 11) is 0. The summed E-state index contributed by atoms with van der Waals surface area (Å²) in [5.41, 5.74) is 5.90. The lowest BCUT2D eigenvalue weighted by Crippen LogP contribution is -2.39. The first-order valence-corrected chi connectivity index (χ1v) is 6.61. The molecule has 15 heavy (non-hydrogen) atoms. The summed E-state index contributed by atoms with van der Waals surface area (Å²) >= 11 is 1.81. The fourth-order valence-corrected chi connectivity index (χ4v) is 2.83. The van der Waals surface area contributed by atoms with Gasteiger partial charge in [-0.2, -0.15) is 0 Å². The third-order valence-electron chi connectivity index (χ3n) is 3.02. The Balaban J connectivity index is 2.80. The van der Waals surface area contributed by atoms with E-state index in [0.29, 0.717) is 18.6 Å². The van der Waals surface area contributed by atoms with Crippen LogP contribution >= 0.6 is 11.3 Å². The van der Waals surface area contributed by atoms with Gasteiger partial charge < -0.3 is 5.73 Å². The number of nitrogens with zero attached hydrogens (tertiary/aromatic N) is 1. The lowest BCUT2D eigenvalue weighted by molar-refractivity contribution is 0.154. The Labute approximate surface area is 97.1 Å². The quantitative estimate of drug-likeness (QED) is 0.808. The number of rotatable bonds is 6. The molecule has 0 fully saturated rings. The van der Waals surface area contributed by atoms with Crippen LogP contribution in [0.15, 0.2) is 17.5 Å². The smallest absolute Gasteiger partial charge is 0.0566 e. The largest absolute Gasteiger partial charge is 0.329 e. The zero-order valence-corrected chi connectivity index (χ0v) is 10.8. The van der Waals surface area contributed by atoms with Crippen molar-refractivity contribution < 1.29 is 0 Å². The van der Waals surface area contributed by atoms with Gasteiger partial charge in [-0.1, -0.05) is 19.9 Å². The van der Waals surface area contributed by atoms with E-state index in [1.807, 2.05) is 0 Å². The first kappa shape index (κ1) is 12.7. The maximum atomic E-state index is 5.90. The van der Waals surface area contributed by atoms with Gasteiger partial charge in [-0.05, 0) is 31.3 Å². The summed E-state index contributed by atoms with van der Waals surface area (Å²) in [6, 6.07) is 5.29. The third kappa shape index (κ3) is 3.03. The number of likely N-dealkylation sites (N-methyl/N-ethyl adjacent to an activating group) is 1. The first-order valence-electron chi connectivity index (χ1n) is 5.73. The van der Waals surface area contributed by atoms with E-state index in [9.17, 15) is 0 Å². The van der Waals surface area contributed by atoms with Crippen molar-refractivity contribution in [1.29, 1.82) is 0 Å². The molecular formula is C12H22N2S. The molecular weight excluding hydrogens is 204 g/mol. The van der Waals surface area contributed by atoms with Crippen molar-refractivity contribution in [2.45, 2.75) is 39.3 Å². The fraction of sp³-hybridized carbons (Fsp3) is 0.667. The topological polar surface area (TPSA) is 29.3 Å². The van der Waals surface area contributed by atoms with Gasteiger partial charge in [-0.15, -0.1) is 11.3 Å². The van der Waals surface area contributed by atoms with E-state index in [1.54, 1.807) is 11.3 Å². The molecule has 0 saturated carbocycles. The van der Waals surface area contributed by atoms with Gasteiger partial charge in [0.05, 0.1) is 6.04 Å². The molecule has 0 spiro atoms. The molecule has 2 atom stereocenters. The molecule has 2 unspecified atom stereocenters. The molecule has 1 heterocycles. The van der Waals surface area contributed by atoms with Crippen molar-refractivity contribution in [3.8, 4) is 0 Å².